The molecule has 0 amide bonds. The van der Waals surface area contributed by atoms with Gasteiger partial charge in [-0.05, 0) is 12.3 Å². The molecule has 0 bridgehead atoms. The minimum atomic E-state index is -0.157. The van der Waals surface area contributed by atoms with Crippen LogP contribution < -0.4 is 5.73 Å². The van der Waals surface area contributed by atoms with Gasteiger partial charge in [0, 0.05) is 25.7 Å². The Hall–Kier alpha value is -0.120. The van der Waals surface area contributed by atoms with Crippen molar-refractivity contribution in [2.75, 3.05) is 26.9 Å². The zero-order valence-corrected chi connectivity index (χ0v) is 8.34. The summed E-state index contributed by atoms with van der Waals surface area (Å²) in [5, 5.41) is 9.24. The fourth-order valence-electron chi connectivity index (χ4n) is 1.26. The number of hydrogen-bond donors (Lipinski definition) is 2. The molecule has 12 heavy (non-hydrogen) atoms. The van der Waals surface area contributed by atoms with Gasteiger partial charge in [-0.3, -0.25) is 0 Å². The average molecular weight is 175 g/mol. The van der Waals surface area contributed by atoms with E-state index in [2.05, 4.69) is 13.8 Å². The van der Waals surface area contributed by atoms with Crippen LogP contribution in [0.5, 0.6) is 0 Å². The van der Waals surface area contributed by atoms with Crippen molar-refractivity contribution < 1.29 is 9.84 Å². The van der Waals surface area contributed by atoms with E-state index < -0.39 is 0 Å². The van der Waals surface area contributed by atoms with Gasteiger partial charge in [0.05, 0.1) is 6.61 Å². The van der Waals surface area contributed by atoms with Gasteiger partial charge in [0.25, 0.3) is 0 Å². The van der Waals surface area contributed by atoms with Crippen molar-refractivity contribution in [1.82, 2.24) is 0 Å². The number of methoxy groups -OCH3 is 1. The summed E-state index contributed by atoms with van der Waals surface area (Å²) in [7, 11) is 1.67. The summed E-state index contributed by atoms with van der Waals surface area (Å²) >= 11 is 0. The van der Waals surface area contributed by atoms with Gasteiger partial charge in [0.15, 0.2) is 0 Å². The molecule has 0 saturated carbocycles. The van der Waals surface area contributed by atoms with Crippen molar-refractivity contribution in [2.24, 2.45) is 17.1 Å². The molecule has 0 saturated heterocycles. The fourth-order valence-corrected chi connectivity index (χ4v) is 1.26. The third-order valence-electron chi connectivity index (χ3n) is 2.75. The Morgan fingerprint density at radius 2 is 2.08 bits per heavy atom. The molecule has 0 aliphatic carbocycles. The maximum atomic E-state index is 9.24. The molecular weight excluding hydrogens is 154 g/mol. The van der Waals surface area contributed by atoms with E-state index in [9.17, 15) is 5.11 Å². The summed E-state index contributed by atoms with van der Waals surface area (Å²) in [6, 6.07) is 0. The molecule has 0 rings (SSSR count). The Labute approximate surface area is 74.9 Å². The Morgan fingerprint density at radius 1 is 1.50 bits per heavy atom. The van der Waals surface area contributed by atoms with Gasteiger partial charge in [-0.2, -0.15) is 0 Å². The molecular formula is C9H21NO2. The van der Waals surface area contributed by atoms with E-state index in [1.807, 2.05) is 0 Å². The van der Waals surface area contributed by atoms with E-state index in [-0.39, 0.29) is 12.0 Å². The van der Waals surface area contributed by atoms with Crippen LogP contribution in [0.3, 0.4) is 0 Å². The summed E-state index contributed by atoms with van der Waals surface area (Å²) in [5.74, 6) is 0.391. The molecule has 0 aromatic rings. The lowest BCUT2D eigenvalue weighted by Crippen LogP contribution is -2.40. The predicted octanol–water partition coefficient (Wildman–Crippen LogP) is 0.616. The Bertz CT molecular complexity index is 111. The second-order valence-corrected chi connectivity index (χ2v) is 3.62. The maximum Gasteiger partial charge on any atom is 0.0502 e. The van der Waals surface area contributed by atoms with Crippen molar-refractivity contribution in [2.45, 2.75) is 20.3 Å². The van der Waals surface area contributed by atoms with Crippen LogP contribution in [0.4, 0.5) is 0 Å². The zero-order chi connectivity index (χ0) is 9.61. The number of nitrogens with two attached hydrogens (primary N) is 1. The van der Waals surface area contributed by atoms with Crippen LogP contribution in [-0.4, -0.2) is 32.0 Å². The van der Waals surface area contributed by atoms with Crippen molar-refractivity contribution in [3.05, 3.63) is 0 Å². The highest BCUT2D eigenvalue weighted by Gasteiger charge is 2.31. The molecule has 3 N–H and O–H groups in total. The van der Waals surface area contributed by atoms with Crippen LogP contribution >= 0.6 is 0 Å². The first-order valence-electron chi connectivity index (χ1n) is 4.43. The van der Waals surface area contributed by atoms with Crippen molar-refractivity contribution in [1.29, 1.82) is 0 Å². The molecule has 74 valence electrons. The lowest BCUT2D eigenvalue weighted by atomic mass is 9.75. The van der Waals surface area contributed by atoms with Gasteiger partial charge in [0.1, 0.15) is 0 Å². The topological polar surface area (TPSA) is 55.5 Å². The monoisotopic (exact) mass is 175 g/mol. The molecule has 0 aromatic heterocycles. The van der Waals surface area contributed by atoms with E-state index in [1.54, 1.807) is 7.11 Å². The largest absolute Gasteiger partial charge is 0.396 e. The normalized spacial score (nSPS) is 16.5. The molecule has 1 atom stereocenters. The maximum absolute atomic E-state index is 9.24. The number of aliphatic hydroxyl groups excluding tert-OH is 1. The molecule has 0 aliphatic heterocycles. The van der Waals surface area contributed by atoms with E-state index in [0.717, 1.165) is 6.42 Å². The van der Waals surface area contributed by atoms with E-state index in [0.29, 0.717) is 19.1 Å². The molecule has 0 heterocycles. The summed E-state index contributed by atoms with van der Waals surface area (Å²) < 4.78 is 4.98. The molecule has 3 heteroatoms. The van der Waals surface area contributed by atoms with Gasteiger partial charge in [-0.25, -0.2) is 0 Å². The van der Waals surface area contributed by atoms with Crippen molar-refractivity contribution in [3.8, 4) is 0 Å². The van der Waals surface area contributed by atoms with Gasteiger partial charge in [-0.1, -0.05) is 13.8 Å². The standard InChI is InChI=1S/C9H21NO2/c1-8(2)9(6-10,7-11)4-5-12-3/h8,11H,4-7,10H2,1-3H3. The first-order chi connectivity index (χ1) is 5.63. The van der Waals surface area contributed by atoms with Gasteiger partial charge >= 0.3 is 0 Å². The second-order valence-electron chi connectivity index (χ2n) is 3.62. The Balaban J connectivity index is 4.15. The van der Waals surface area contributed by atoms with Crippen LogP contribution in [-0.2, 0) is 4.74 Å². The molecule has 0 aromatic carbocycles. The van der Waals surface area contributed by atoms with E-state index in [4.69, 9.17) is 10.5 Å². The number of rotatable bonds is 6. The van der Waals surface area contributed by atoms with Crippen molar-refractivity contribution >= 4 is 0 Å². The highest BCUT2D eigenvalue weighted by atomic mass is 16.5. The molecule has 0 radical (unpaired) electrons. The number of hydrogen-bond acceptors (Lipinski definition) is 3. The summed E-state index contributed by atoms with van der Waals surface area (Å²) in [6.07, 6.45) is 0.828. The quantitative estimate of drug-likeness (QED) is 0.622. The molecule has 1 unspecified atom stereocenters. The molecule has 0 fully saturated rings. The third kappa shape index (κ3) is 2.73. The minimum absolute atomic E-state index is 0.143. The highest BCUT2D eigenvalue weighted by Crippen LogP contribution is 2.29. The Morgan fingerprint density at radius 3 is 2.33 bits per heavy atom. The number of aliphatic hydroxyl groups is 1. The fraction of sp³-hybridized carbons (Fsp3) is 1.00. The van der Waals surface area contributed by atoms with Gasteiger partial charge < -0.3 is 15.6 Å². The summed E-state index contributed by atoms with van der Waals surface area (Å²) in [5.41, 5.74) is 5.49. The smallest absolute Gasteiger partial charge is 0.0502 e. The first kappa shape index (κ1) is 11.9. The van der Waals surface area contributed by atoms with Gasteiger partial charge in [-0.15, -0.1) is 0 Å². The van der Waals surface area contributed by atoms with Crippen molar-refractivity contribution in [3.63, 3.8) is 0 Å². The SMILES string of the molecule is COCCC(CN)(CO)C(C)C. The van der Waals surface area contributed by atoms with Gasteiger partial charge in [0.2, 0.25) is 0 Å². The van der Waals surface area contributed by atoms with E-state index in [1.165, 1.54) is 0 Å². The predicted molar refractivity (Wildman–Crippen MR) is 49.9 cm³/mol. The second kappa shape index (κ2) is 5.51. The molecule has 0 spiro atoms. The van der Waals surface area contributed by atoms with Crippen LogP contribution in [0.1, 0.15) is 20.3 Å². The van der Waals surface area contributed by atoms with E-state index >= 15 is 0 Å². The van der Waals surface area contributed by atoms with Crippen LogP contribution in [0, 0.1) is 11.3 Å². The number of ether oxygens (including phenoxy) is 1. The average Bonchev–Trinajstić information content (AvgIpc) is 2.07. The lowest BCUT2D eigenvalue weighted by molar-refractivity contribution is 0.0452. The first-order valence-corrected chi connectivity index (χ1v) is 4.43. The summed E-state index contributed by atoms with van der Waals surface area (Å²) in [6.45, 7) is 5.49. The highest BCUT2D eigenvalue weighted by molar-refractivity contribution is 4.82. The minimum Gasteiger partial charge on any atom is -0.396 e. The van der Waals surface area contributed by atoms with Crippen LogP contribution in [0.25, 0.3) is 0 Å². The molecule has 0 aliphatic rings. The Kier molecular flexibility index (Phi) is 5.46. The molecule has 3 nitrogen and oxygen atoms in total. The third-order valence-corrected chi connectivity index (χ3v) is 2.75. The lowest BCUT2D eigenvalue weighted by Gasteiger charge is -2.34. The van der Waals surface area contributed by atoms with Crippen LogP contribution in [0.15, 0.2) is 0 Å². The van der Waals surface area contributed by atoms with Crippen LogP contribution in [0.2, 0.25) is 0 Å². The zero-order valence-electron chi connectivity index (χ0n) is 8.34. The summed E-state index contributed by atoms with van der Waals surface area (Å²) in [4.78, 5) is 0.